The summed E-state index contributed by atoms with van der Waals surface area (Å²) in [7, 11) is 1.93. The Labute approximate surface area is 323 Å². The number of anilines is 1. The lowest BCUT2D eigenvalue weighted by Crippen LogP contribution is -1.98. The smallest absolute Gasteiger partial charge is 0.0714 e. The van der Waals surface area contributed by atoms with Gasteiger partial charge in [0.2, 0.25) is 0 Å². The van der Waals surface area contributed by atoms with E-state index in [0.717, 1.165) is 27.9 Å². The summed E-state index contributed by atoms with van der Waals surface area (Å²) in [6, 6.07) is 15.9. The van der Waals surface area contributed by atoms with Crippen molar-refractivity contribution in [3.05, 3.63) is 113 Å². The zero-order valence-electron chi connectivity index (χ0n) is 35.9. The molecule has 2 nitrogen and oxygen atoms in total. The number of aromatic nitrogens is 1. The molecule has 1 N–H and O–H groups in total. The molecule has 1 aromatic heterocycles. The number of fused-ring (bicyclic) bond motifs is 1. The Morgan fingerprint density at radius 2 is 1.50 bits per heavy atom. The van der Waals surface area contributed by atoms with Gasteiger partial charge < -0.3 is 5.32 Å². The molecule has 0 saturated carbocycles. The molecule has 0 saturated heterocycles. The van der Waals surface area contributed by atoms with Crippen LogP contribution in [-0.2, 0) is 0 Å². The van der Waals surface area contributed by atoms with Crippen LogP contribution in [0.15, 0.2) is 96.3 Å². The Hall–Kier alpha value is -3.83. The second-order valence-corrected chi connectivity index (χ2v) is 13.8. The van der Waals surface area contributed by atoms with Gasteiger partial charge in [-0.3, -0.25) is 4.98 Å². The first kappa shape index (κ1) is 50.3. The quantitative estimate of drug-likeness (QED) is 0.159. The molecule has 3 aromatic rings. The maximum Gasteiger partial charge on any atom is 0.0714 e. The third-order valence-electron chi connectivity index (χ3n) is 9.14. The van der Waals surface area contributed by atoms with Gasteiger partial charge in [-0.25, -0.2) is 0 Å². The molecule has 0 radical (unpaired) electrons. The fourth-order valence-electron chi connectivity index (χ4n) is 4.78. The largest absolute Gasteiger partial charge is 0.388 e. The molecule has 288 valence electrons. The Morgan fingerprint density at radius 1 is 0.865 bits per heavy atom. The van der Waals surface area contributed by atoms with Crippen molar-refractivity contribution in [3.63, 3.8) is 0 Å². The summed E-state index contributed by atoms with van der Waals surface area (Å²) in [6.45, 7) is 32.1. The fraction of sp³-hybridized carbons (Fsp3) is 0.500. The molecule has 1 aliphatic carbocycles. The third kappa shape index (κ3) is 23.6. The van der Waals surface area contributed by atoms with Gasteiger partial charge in [-0.1, -0.05) is 171 Å². The van der Waals surface area contributed by atoms with Gasteiger partial charge in [-0.15, -0.1) is 6.42 Å². The molecule has 1 heterocycles. The van der Waals surface area contributed by atoms with Crippen molar-refractivity contribution in [2.45, 2.75) is 153 Å². The van der Waals surface area contributed by atoms with E-state index in [0.29, 0.717) is 0 Å². The Kier molecular flexibility index (Phi) is 31.9. The van der Waals surface area contributed by atoms with E-state index >= 15 is 0 Å². The second-order valence-electron chi connectivity index (χ2n) is 13.8. The van der Waals surface area contributed by atoms with E-state index in [1.165, 1.54) is 105 Å². The highest BCUT2D eigenvalue weighted by Crippen LogP contribution is 2.22. The SMILES string of the molecule is C#Cc1cccc2ncccc12.C=C(CCCC)C(C)CCCC.C=Cc1ccc(C)c(NC)c1.CC1=CC(C)=C(C)CC1.CCCC.CCCC. The summed E-state index contributed by atoms with van der Waals surface area (Å²) in [4.78, 5) is 4.19. The Balaban J connectivity index is 0. The molecular weight excluding hydrogens is 629 g/mol. The van der Waals surface area contributed by atoms with Gasteiger partial charge in [-0.2, -0.15) is 0 Å². The van der Waals surface area contributed by atoms with Crippen molar-refractivity contribution in [1.29, 1.82) is 0 Å². The molecule has 0 spiro atoms. The summed E-state index contributed by atoms with van der Waals surface area (Å²) in [5.74, 6) is 3.38. The third-order valence-corrected chi connectivity index (χ3v) is 9.14. The predicted molar refractivity (Wildman–Crippen MR) is 240 cm³/mol. The van der Waals surface area contributed by atoms with Crippen molar-refractivity contribution in [1.82, 2.24) is 4.98 Å². The Bertz CT molecular complexity index is 1470. The number of hydrogen-bond donors (Lipinski definition) is 1. The number of nitrogens with one attached hydrogen (secondary N) is 1. The van der Waals surface area contributed by atoms with E-state index in [2.05, 4.69) is 130 Å². The van der Waals surface area contributed by atoms with Crippen LogP contribution in [0.1, 0.15) is 163 Å². The van der Waals surface area contributed by atoms with Crippen LogP contribution < -0.4 is 5.32 Å². The van der Waals surface area contributed by atoms with E-state index in [1.807, 2.05) is 43.5 Å². The molecule has 1 unspecified atom stereocenters. The van der Waals surface area contributed by atoms with Crippen molar-refractivity contribution < 1.29 is 0 Å². The van der Waals surface area contributed by atoms with E-state index < -0.39 is 0 Å². The van der Waals surface area contributed by atoms with Crippen LogP contribution in [0.2, 0.25) is 0 Å². The van der Waals surface area contributed by atoms with Crippen LogP contribution in [-0.4, -0.2) is 12.0 Å². The summed E-state index contributed by atoms with van der Waals surface area (Å²) >= 11 is 0. The van der Waals surface area contributed by atoms with Crippen molar-refractivity contribution in [2.24, 2.45) is 5.92 Å². The van der Waals surface area contributed by atoms with E-state index in [9.17, 15) is 0 Å². The standard InChI is InChI=1S/C12H24.C11H7N.C10H13N.C9H14.2C4H10/c1-5-7-9-11(3)12(4)10-8-6-2;1-2-9-5-3-7-11-10(9)6-4-8-12-11;1-4-9-6-5-8(2)10(7-9)11-3;1-7-4-5-8(2)9(3)6-7;2*1-3-4-2/h12H,3,5-10H2,1-2,4H3;1,3-8H;4-7,11H,1H2,2-3H3;6H,4-5H2,1-3H3;2*3-4H2,1-2H3. The number of rotatable bonds is 11. The van der Waals surface area contributed by atoms with Crippen LogP contribution in [0.4, 0.5) is 5.69 Å². The van der Waals surface area contributed by atoms with Crippen LogP contribution in [0.25, 0.3) is 17.0 Å². The number of nitrogens with zero attached hydrogens (tertiary/aromatic N) is 1. The minimum absolute atomic E-state index is 0.747. The van der Waals surface area contributed by atoms with Gasteiger partial charge >= 0.3 is 0 Å². The molecule has 0 amide bonds. The van der Waals surface area contributed by atoms with Crippen molar-refractivity contribution in [2.75, 3.05) is 12.4 Å². The van der Waals surface area contributed by atoms with Crippen LogP contribution in [0, 0.1) is 25.2 Å². The normalized spacial score (nSPS) is 11.8. The van der Waals surface area contributed by atoms with Gasteiger partial charge in [0, 0.05) is 29.9 Å². The maximum atomic E-state index is 5.34. The number of aryl methyl sites for hydroxylation is 1. The van der Waals surface area contributed by atoms with Crippen LogP contribution in [0.5, 0.6) is 0 Å². The molecule has 2 aromatic carbocycles. The lowest BCUT2D eigenvalue weighted by atomic mass is 9.93. The first-order chi connectivity index (χ1) is 24.9. The predicted octanol–water partition coefficient (Wildman–Crippen LogP) is 16.1. The summed E-state index contributed by atoms with van der Waals surface area (Å²) in [6.07, 6.45) is 26.9. The molecule has 0 fully saturated rings. The second kappa shape index (κ2) is 33.0. The topological polar surface area (TPSA) is 24.9 Å². The number of pyridine rings is 1. The van der Waals surface area contributed by atoms with Gasteiger partial charge in [0.25, 0.3) is 0 Å². The number of hydrogen-bond acceptors (Lipinski definition) is 2. The minimum Gasteiger partial charge on any atom is -0.388 e. The average molecular weight is 707 g/mol. The lowest BCUT2D eigenvalue weighted by molar-refractivity contribution is 0.548. The molecule has 0 bridgehead atoms. The molecule has 52 heavy (non-hydrogen) atoms. The van der Waals surface area contributed by atoms with Crippen LogP contribution in [0.3, 0.4) is 0 Å². The minimum atomic E-state index is 0.747. The number of terminal acetylenes is 1. The Morgan fingerprint density at radius 3 is 2.00 bits per heavy atom. The molecule has 1 aliphatic rings. The van der Waals surface area contributed by atoms with Gasteiger partial charge in [0.05, 0.1) is 5.52 Å². The summed E-state index contributed by atoms with van der Waals surface area (Å²) < 4.78 is 0. The molecule has 4 rings (SSSR count). The van der Waals surface area contributed by atoms with Gasteiger partial charge in [-0.05, 0) is 101 Å². The van der Waals surface area contributed by atoms with Crippen molar-refractivity contribution >= 4 is 22.7 Å². The van der Waals surface area contributed by atoms with Gasteiger partial charge in [0.1, 0.15) is 0 Å². The number of unbranched alkanes of at least 4 members (excludes halogenated alkanes) is 4. The lowest BCUT2D eigenvalue weighted by Gasteiger charge is -2.13. The first-order valence-electron chi connectivity index (χ1n) is 20.2. The number of allylic oxidation sites excluding steroid dienone is 5. The maximum absolute atomic E-state index is 5.34. The molecule has 1 atom stereocenters. The number of benzene rings is 2. The average Bonchev–Trinajstić information content (AvgIpc) is 3.18. The monoisotopic (exact) mass is 707 g/mol. The highest BCUT2D eigenvalue weighted by molar-refractivity contribution is 5.84. The molecular formula is C50H78N2. The van der Waals surface area contributed by atoms with Crippen LogP contribution >= 0.6 is 0 Å². The van der Waals surface area contributed by atoms with E-state index in [1.54, 1.807) is 11.8 Å². The molecule has 0 aliphatic heterocycles. The van der Waals surface area contributed by atoms with Gasteiger partial charge in [0.15, 0.2) is 0 Å². The zero-order valence-corrected chi connectivity index (χ0v) is 35.9. The highest BCUT2D eigenvalue weighted by atomic mass is 14.8. The molecule has 2 heteroatoms. The zero-order chi connectivity index (χ0) is 39.7. The fourth-order valence-corrected chi connectivity index (χ4v) is 4.78. The van der Waals surface area contributed by atoms with E-state index in [-0.39, 0.29) is 0 Å². The highest BCUT2D eigenvalue weighted by Gasteiger charge is 2.05. The summed E-state index contributed by atoms with van der Waals surface area (Å²) in [5.41, 5.74) is 11.5. The first-order valence-corrected chi connectivity index (χ1v) is 20.2. The summed E-state index contributed by atoms with van der Waals surface area (Å²) in [5, 5.41) is 4.17. The van der Waals surface area contributed by atoms with E-state index in [4.69, 9.17) is 6.42 Å². The van der Waals surface area contributed by atoms with Crippen molar-refractivity contribution in [3.8, 4) is 12.3 Å².